The molecule has 3 heterocycles. The van der Waals surface area contributed by atoms with Crippen molar-refractivity contribution in [2.75, 3.05) is 33.5 Å². The molecule has 0 aliphatic carbocycles. The molecule has 3 aliphatic rings. The van der Waals surface area contributed by atoms with E-state index in [9.17, 15) is 4.79 Å². The van der Waals surface area contributed by atoms with Crippen molar-refractivity contribution in [2.45, 2.75) is 159 Å². The zero-order valence-electron chi connectivity index (χ0n) is 42.8. The van der Waals surface area contributed by atoms with Crippen molar-refractivity contribution < 1.29 is 60.4 Å². The summed E-state index contributed by atoms with van der Waals surface area (Å²) in [5.74, 6) is -3.53. The van der Waals surface area contributed by atoms with E-state index in [2.05, 4.69) is 55.4 Å². The molecule has 382 valence electrons. The number of hydrogen-bond donors (Lipinski definition) is 0. The first-order valence-electron chi connectivity index (χ1n) is 24.9. The highest BCUT2D eigenvalue weighted by Gasteiger charge is 2.67. The number of methoxy groups -OCH3 is 1. The molecule has 3 fully saturated rings. The van der Waals surface area contributed by atoms with Crippen molar-refractivity contribution in [3.8, 4) is 0 Å². The fourth-order valence-electron chi connectivity index (χ4n) is 10.1. The molecule has 13 nitrogen and oxygen atoms in total. The second-order valence-corrected chi connectivity index (χ2v) is 28.8. The second kappa shape index (κ2) is 24.4. The van der Waals surface area contributed by atoms with Gasteiger partial charge in [-0.2, -0.15) is 0 Å². The van der Waals surface area contributed by atoms with Crippen LogP contribution in [0.3, 0.4) is 0 Å². The fourth-order valence-corrected chi connectivity index (χ4v) is 21.3. The van der Waals surface area contributed by atoms with E-state index in [1.807, 2.05) is 121 Å². The molecular weight excluding hydrogens is 925 g/mol. The predicted molar refractivity (Wildman–Crippen MR) is 270 cm³/mol. The van der Waals surface area contributed by atoms with Gasteiger partial charge < -0.3 is 55.6 Å². The third-order valence-electron chi connectivity index (χ3n) is 13.8. The number of hydrogen-bond acceptors (Lipinski definition) is 13. The number of carbonyl (C=O) groups excluding carboxylic acids is 1. The summed E-state index contributed by atoms with van der Waals surface area (Å²) in [6.45, 7) is 19.5. The number of ether oxygens (including phenoxy) is 9. The van der Waals surface area contributed by atoms with Crippen LogP contribution in [0.2, 0.25) is 22.2 Å². The minimum absolute atomic E-state index is 0.00727. The highest BCUT2D eigenvalue weighted by atomic mass is 28.5. The van der Waals surface area contributed by atoms with Gasteiger partial charge in [-0.05, 0) is 44.4 Å². The van der Waals surface area contributed by atoms with Crippen LogP contribution in [0.15, 0.2) is 121 Å². The maximum absolute atomic E-state index is 12.6. The Morgan fingerprint density at radius 1 is 0.600 bits per heavy atom. The van der Waals surface area contributed by atoms with Crippen LogP contribution in [-0.2, 0) is 86.8 Å². The average molecular weight is 1000 g/mol. The monoisotopic (exact) mass is 1000 g/mol. The van der Waals surface area contributed by atoms with Crippen LogP contribution in [0, 0.1) is 0 Å². The normalized spacial score (nSPS) is 27.5. The number of rotatable bonds is 23. The molecule has 3 aliphatic heterocycles. The molecule has 15 heteroatoms. The average Bonchev–Trinajstić information content (AvgIpc) is 3.83. The van der Waals surface area contributed by atoms with Gasteiger partial charge in [-0.15, -0.1) is 0 Å². The van der Waals surface area contributed by atoms with Gasteiger partial charge in [0.15, 0.2) is 0 Å². The third-order valence-corrected chi connectivity index (χ3v) is 24.0. The molecule has 0 saturated carbocycles. The van der Waals surface area contributed by atoms with Crippen LogP contribution in [0.4, 0.5) is 0 Å². The lowest BCUT2D eigenvalue weighted by Crippen LogP contribution is -2.63. The molecule has 4 aromatic rings. The van der Waals surface area contributed by atoms with Crippen LogP contribution in [0.1, 0.15) is 84.6 Å². The molecular formula is C55H76O13Si2. The molecule has 70 heavy (non-hydrogen) atoms. The Hall–Kier alpha value is -3.66. The van der Waals surface area contributed by atoms with Crippen molar-refractivity contribution >= 4 is 23.1 Å². The van der Waals surface area contributed by atoms with E-state index in [0.717, 1.165) is 22.3 Å². The molecule has 4 aromatic carbocycles. The summed E-state index contributed by atoms with van der Waals surface area (Å²) in [5.41, 5.74) is 3.90. The van der Waals surface area contributed by atoms with Crippen LogP contribution < -0.4 is 0 Å². The third kappa shape index (κ3) is 12.4. The van der Waals surface area contributed by atoms with E-state index in [0.29, 0.717) is 6.61 Å². The standard InChI is InChI=1S/C55H76O13Si2/c1-39(2)69(40(3)4)64-38-55(53(62-34-47-29-21-14-22-30-47)51(48(66-55)35-59-43(9)56)67-70(68-69,41(5)6)42(7)8)63-36-49-50(60-32-45-25-17-12-18-26-45)52(61-33-46-27-19-13-20-28-46)54(57-10,65-49)37-58-31-44-23-15-11-16-24-44/h11-30,39-42,48-53H,31-38H2,1-10H3/t48-,49-,50-,51-,52+,53+,54-,55-/m1/s1. The highest BCUT2D eigenvalue weighted by Crippen LogP contribution is 2.50. The number of esters is 1. The SMILES string of the molecule is CO[C@]1(COCc2ccccc2)O[C@H](CO[C@]23CO[Si](C(C)C)(C(C)C)O[Si](C(C)C)(C(C)C)O[C@H]([C@@H](COC(C)=O)O2)[C@@H]3OCc2ccccc2)[C@@H](OCc2ccccc2)[C@@H]1OCc1ccccc1. The van der Waals surface area contributed by atoms with E-state index < -0.39 is 71.3 Å². The zero-order chi connectivity index (χ0) is 49.9. The topological polar surface area (TPSA) is 128 Å². The molecule has 0 amide bonds. The van der Waals surface area contributed by atoms with E-state index in [1.165, 1.54) is 6.92 Å². The molecule has 0 aromatic heterocycles. The first-order chi connectivity index (χ1) is 33.7. The van der Waals surface area contributed by atoms with Gasteiger partial charge in [-0.25, -0.2) is 0 Å². The summed E-state index contributed by atoms with van der Waals surface area (Å²) in [7, 11) is -4.87. The predicted octanol–water partition coefficient (Wildman–Crippen LogP) is 10.3. The maximum Gasteiger partial charge on any atom is 0.335 e. The van der Waals surface area contributed by atoms with Crippen LogP contribution in [-0.4, -0.2) is 105 Å². The first-order valence-corrected chi connectivity index (χ1v) is 28.9. The lowest BCUT2D eigenvalue weighted by Gasteiger charge is -2.49. The van der Waals surface area contributed by atoms with Crippen molar-refractivity contribution in [3.05, 3.63) is 144 Å². The van der Waals surface area contributed by atoms with Gasteiger partial charge in [0, 0.05) is 14.0 Å². The van der Waals surface area contributed by atoms with E-state index in [4.69, 9.17) is 55.6 Å². The van der Waals surface area contributed by atoms with Gasteiger partial charge in [0.1, 0.15) is 49.8 Å². The van der Waals surface area contributed by atoms with Gasteiger partial charge in [-0.3, -0.25) is 4.79 Å². The maximum atomic E-state index is 12.6. The Kier molecular flexibility index (Phi) is 18.8. The molecule has 0 spiro atoms. The second-order valence-electron chi connectivity index (χ2n) is 20.0. The molecule has 0 unspecified atom stereocenters. The van der Waals surface area contributed by atoms with E-state index >= 15 is 0 Å². The molecule has 0 N–H and O–H groups in total. The Bertz CT molecular complexity index is 2170. The number of carbonyl (C=O) groups is 1. The lowest BCUT2D eigenvalue weighted by atomic mass is 10.0. The largest absolute Gasteiger partial charge is 0.463 e. The summed E-state index contributed by atoms with van der Waals surface area (Å²) < 4.78 is 84.0. The summed E-state index contributed by atoms with van der Waals surface area (Å²) in [6.07, 6.45) is -4.89. The van der Waals surface area contributed by atoms with Crippen LogP contribution in [0.25, 0.3) is 0 Å². The van der Waals surface area contributed by atoms with Crippen molar-refractivity contribution in [3.63, 3.8) is 0 Å². The smallest absolute Gasteiger partial charge is 0.335 e. The Morgan fingerprint density at radius 3 is 1.54 bits per heavy atom. The Balaban J connectivity index is 1.32. The molecule has 8 atom stereocenters. The minimum Gasteiger partial charge on any atom is -0.463 e. The summed E-state index contributed by atoms with van der Waals surface area (Å²) in [6, 6.07) is 39.9. The van der Waals surface area contributed by atoms with Crippen molar-refractivity contribution in [1.82, 2.24) is 0 Å². The zero-order valence-corrected chi connectivity index (χ0v) is 44.8. The number of benzene rings is 4. The number of fused-ring (bicyclic) bond motifs is 2. The Labute approximate surface area is 418 Å². The highest BCUT2D eigenvalue weighted by molar-refractivity contribution is 6.83. The molecule has 0 radical (unpaired) electrons. The van der Waals surface area contributed by atoms with Crippen molar-refractivity contribution in [1.29, 1.82) is 0 Å². The minimum atomic E-state index is -3.27. The van der Waals surface area contributed by atoms with Gasteiger partial charge in [0.2, 0.25) is 11.6 Å². The quantitative estimate of drug-likeness (QED) is 0.0517. The molecule has 7 rings (SSSR count). The summed E-state index contributed by atoms with van der Waals surface area (Å²) >= 11 is 0. The van der Waals surface area contributed by atoms with Crippen LogP contribution >= 0.6 is 0 Å². The lowest BCUT2D eigenvalue weighted by molar-refractivity contribution is -0.307. The van der Waals surface area contributed by atoms with E-state index in [1.54, 1.807) is 7.11 Å². The summed E-state index contributed by atoms with van der Waals surface area (Å²) in [4.78, 5) is 12.6. The molecule has 3 saturated heterocycles. The fraction of sp³-hybridized carbons (Fsp3) is 0.545. The van der Waals surface area contributed by atoms with Crippen LogP contribution in [0.5, 0.6) is 0 Å². The van der Waals surface area contributed by atoms with Gasteiger partial charge in [0.25, 0.3) is 0 Å². The van der Waals surface area contributed by atoms with Gasteiger partial charge in [0.05, 0.1) is 39.6 Å². The van der Waals surface area contributed by atoms with Crippen molar-refractivity contribution in [2.24, 2.45) is 0 Å². The Morgan fingerprint density at radius 2 is 1.07 bits per heavy atom. The van der Waals surface area contributed by atoms with E-state index in [-0.39, 0.29) is 68.4 Å². The van der Waals surface area contributed by atoms with Gasteiger partial charge >= 0.3 is 23.1 Å². The summed E-state index contributed by atoms with van der Waals surface area (Å²) in [5, 5.41) is 0. The first kappa shape index (κ1) is 54.1. The molecule has 2 bridgehead atoms. The van der Waals surface area contributed by atoms with Gasteiger partial charge in [-0.1, -0.05) is 177 Å².